The molecule has 2 nitrogen and oxygen atoms in total. The Balaban J connectivity index is 1.70. The van der Waals surface area contributed by atoms with Gasteiger partial charge in [0.1, 0.15) is 12.4 Å². The molecular weight excluding hydrogens is 310 g/mol. The van der Waals surface area contributed by atoms with Gasteiger partial charge < -0.3 is 4.74 Å². The summed E-state index contributed by atoms with van der Waals surface area (Å²) in [5, 5.41) is 4.30. The molecule has 1 heterocycles. The zero-order valence-corrected chi connectivity index (χ0v) is 12.7. The Bertz CT molecular complexity index is 455. The van der Waals surface area contributed by atoms with Gasteiger partial charge in [0.25, 0.3) is 0 Å². The molecule has 1 aromatic heterocycles. The minimum atomic E-state index is 0.711. The number of hydrogen-bond acceptors (Lipinski definition) is 3. The molecule has 2 aromatic rings. The van der Waals surface area contributed by atoms with E-state index in [0.717, 1.165) is 23.3 Å². The number of nitrogens with zero attached hydrogens (tertiary/aromatic N) is 1. The highest BCUT2D eigenvalue weighted by Gasteiger charge is 2.01. The second kappa shape index (κ2) is 6.92. The van der Waals surface area contributed by atoms with Crippen LogP contribution in [0.1, 0.15) is 5.56 Å². The van der Waals surface area contributed by atoms with E-state index in [4.69, 9.17) is 4.74 Å². The molecule has 0 N–H and O–H groups in total. The molecule has 0 aliphatic rings. The molecule has 0 radical (unpaired) electrons. The van der Waals surface area contributed by atoms with E-state index in [1.165, 1.54) is 5.56 Å². The molecule has 0 atom stereocenters. The first-order chi connectivity index (χ1) is 8.74. The molecule has 96 valence electrons. The van der Waals surface area contributed by atoms with Crippen LogP contribution in [0.25, 0.3) is 0 Å². The molecule has 0 fully saturated rings. The van der Waals surface area contributed by atoms with Gasteiger partial charge in [-0.05, 0) is 53.7 Å². The first kappa shape index (κ1) is 13.6. The molecule has 1 aromatic carbocycles. The molecule has 0 aliphatic heterocycles. The Labute approximate surface area is 120 Å². The molecular formula is C14H16BrNOS. The monoisotopic (exact) mass is 325 g/mol. The van der Waals surface area contributed by atoms with E-state index >= 15 is 0 Å². The van der Waals surface area contributed by atoms with Crippen molar-refractivity contribution in [3.63, 3.8) is 0 Å². The van der Waals surface area contributed by atoms with Crippen molar-refractivity contribution in [3.05, 3.63) is 51.1 Å². The summed E-state index contributed by atoms with van der Waals surface area (Å²) in [6, 6.07) is 10.1. The lowest BCUT2D eigenvalue weighted by molar-refractivity contribution is 0.233. The summed E-state index contributed by atoms with van der Waals surface area (Å²) in [5.74, 6) is 0.919. The van der Waals surface area contributed by atoms with E-state index in [9.17, 15) is 0 Å². The maximum Gasteiger partial charge on any atom is 0.119 e. The number of thiophene rings is 1. The number of rotatable bonds is 6. The summed E-state index contributed by atoms with van der Waals surface area (Å²) in [5.41, 5.74) is 1.37. The van der Waals surface area contributed by atoms with Gasteiger partial charge in [-0.2, -0.15) is 11.3 Å². The Morgan fingerprint density at radius 3 is 2.67 bits per heavy atom. The van der Waals surface area contributed by atoms with Crippen molar-refractivity contribution in [3.8, 4) is 5.75 Å². The Morgan fingerprint density at radius 1 is 1.22 bits per heavy atom. The van der Waals surface area contributed by atoms with Gasteiger partial charge in [0, 0.05) is 17.6 Å². The summed E-state index contributed by atoms with van der Waals surface area (Å²) in [6.07, 6.45) is 0. The van der Waals surface area contributed by atoms with E-state index in [1.807, 2.05) is 24.3 Å². The quantitative estimate of drug-likeness (QED) is 0.795. The third-order valence-electron chi connectivity index (χ3n) is 2.59. The fourth-order valence-electron chi connectivity index (χ4n) is 1.62. The van der Waals surface area contributed by atoms with Crippen LogP contribution in [0.15, 0.2) is 45.6 Å². The summed E-state index contributed by atoms with van der Waals surface area (Å²) in [6.45, 7) is 2.61. The van der Waals surface area contributed by atoms with Crippen molar-refractivity contribution in [1.82, 2.24) is 4.90 Å². The van der Waals surface area contributed by atoms with Crippen molar-refractivity contribution in [1.29, 1.82) is 0 Å². The van der Waals surface area contributed by atoms with E-state index in [0.29, 0.717) is 6.61 Å². The van der Waals surface area contributed by atoms with Crippen molar-refractivity contribution >= 4 is 27.3 Å². The average molecular weight is 326 g/mol. The number of ether oxygens (including phenoxy) is 1. The lowest BCUT2D eigenvalue weighted by atomic mass is 10.3. The van der Waals surface area contributed by atoms with Gasteiger partial charge in [0.2, 0.25) is 0 Å². The van der Waals surface area contributed by atoms with Crippen LogP contribution in [0, 0.1) is 0 Å². The molecule has 0 bridgehead atoms. The lowest BCUT2D eigenvalue weighted by Crippen LogP contribution is -2.23. The molecule has 0 amide bonds. The predicted octanol–water partition coefficient (Wildman–Crippen LogP) is 4.02. The zero-order valence-electron chi connectivity index (χ0n) is 10.3. The van der Waals surface area contributed by atoms with Gasteiger partial charge in [0.05, 0.1) is 0 Å². The van der Waals surface area contributed by atoms with Gasteiger partial charge in [0.15, 0.2) is 0 Å². The normalized spacial score (nSPS) is 10.8. The van der Waals surface area contributed by atoms with Crippen LogP contribution in [0.5, 0.6) is 5.75 Å². The van der Waals surface area contributed by atoms with Crippen molar-refractivity contribution in [2.45, 2.75) is 6.54 Å². The Morgan fingerprint density at radius 2 is 2.00 bits per heavy atom. The second-order valence-corrected chi connectivity index (χ2v) is 5.87. The van der Waals surface area contributed by atoms with E-state index < -0.39 is 0 Å². The lowest BCUT2D eigenvalue weighted by Gasteiger charge is -2.16. The predicted molar refractivity (Wildman–Crippen MR) is 80.3 cm³/mol. The number of hydrogen-bond donors (Lipinski definition) is 0. The summed E-state index contributed by atoms with van der Waals surface area (Å²) >= 11 is 5.15. The highest BCUT2D eigenvalue weighted by atomic mass is 79.9. The Hall–Kier alpha value is -0.840. The summed E-state index contributed by atoms with van der Waals surface area (Å²) in [7, 11) is 2.11. The number of likely N-dealkylation sites (N-methyl/N-ethyl adjacent to an activating group) is 1. The van der Waals surface area contributed by atoms with Gasteiger partial charge in [-0.25, -0.2) is 0 Å². The molecule has 4 heteroatoms. The highest BCUT2D eigenvalue weighted by molar-refractivity contribution is 9.10. The van der Waals surface area contributed by atoms with Gasteiger partial charge in [-0.3, -0.25) is 4.90 Å². The first-order valence-corrected chi connectivity index (χ1v) is 7.55. The van der Waals surface area contributed by atoms with Crippen LogP contribution in [0.2, 0.25) is 0 Å². The molecule has 0 unspecified atom stereocenters. The van der Waals surface area contributed by atoms with Crippen LogP contribution in [-0.2, 0) is 6.54 Å². The average Bonchev–Trinajstić information content (AvgIpc) is 2.84. The maximum absolute atomic E-state index is 5.69. The molecule has 0 saturated carbocycles. The van der Waals surface area contributed by atoms with Gasteiger partial charge in [-0.15, -0.1) is 0 Å². The molecule has 0 saturated heterocycles. The van der Waals surface area contributed by atoms with E-state index in [-0.39, 0.29) is 0 Å². The van der Waals surface area contributed by atoms with Crippen LogP contribution >= 0.6 is 27.3 Å². The SMILES string of the molecule is CN(CCOc1ccc(Br)cc1)Cc1ccsc1. The van der Waals surface area contributed by atoms with Crippen molar-refractivity contribution in [2.24, 2.45) is 0 Å². The minimum absolute atomic E-state index is 0.711. The number of halogens is 1. The summed E-state index contributed by atoms with van der Waals surface area (Å²) in [4.78, 5) is 2.26. The third kappa shape index (κ3) is 4.44. The first-order valence-electron chi connectivity index (χ1n) is 5.82. The van der Waals surface area contributed by atoms with Crippen molar-refractivity contribution in [2.75, 3.05) is 20.2 Å². The largest absolute Gasteiger partial charge is 0.492 e. The zero-order chi connectivity index (χ0) is 12.8. The fourth-order valence-corrected chi connectivity index (χ4v) is 2.55. The highest BCUT2D eigenvalue weighted by Crippen LogP contribution is 2.16. The molecule has 0 spiro atoms. The molecule has 0 aliphatic carbocycles. The van der Waals surface area contributed by atoms with Crippen LogP contribution in [0.3, 0.4) is 0 Å². The van der Waals surface area contributed by atoms with Crippen LogP contribution < -0.4 is 4.74 Å². The maximum atomic E-state index is 5.69. The van der Waals surface area contributed by atoms with Crippen LogP contribution in [-0.4, -0.2) is 25.1 Å². The topological polar surface area (TPSA) is 12.5 Å². The van der Waals surface area contributed by atoms with Crippen LogP contribution in [0.4, 0.5) is 0 Å². The van der Waals surface area contributed by atoms with Gasteiger partial charge in [-0.1, -0.05) is 15.9 Å². The van der Waals surface area contributed by atoms with Crippen molar-refractivity contribution < 1.29 is 4.74 Å². The minimum Gasteiger partial charge on any atom is -0.492 e. The second-order valence-electron chi connectivity index (χ2n) is 4.17. The Kier molecular flexibility index (Phi) is 5.23. The summed E-state index contributed by atoms with van der Waals surface area (Å²) < 4.78 is 6.76. The van der Waals surface area contributed by atoms with E-state index in [2.05, 4.69) is 44.7 Å². The fraction of sp³-hybridized carbons (Fsp3) is 0.286. The smallest absolute Gasteiger partial charge is 0.119 e. The van der Waals surface area contributed by atoms with E-state index in [1.54, 1.807) is 11.3 Å². The standard InChI is InChI=1S/C14H16BrNOS/c1-16(10-12-6-9-18-11-12)7-8-17-14-4-2-13(15)3-5-14/h2-6,9,11H,7-8,10H2,1H3. The molecule has 18 heavy (non-hydrogen) atoms. The van der Waals surface area contributed by atoms with Gasteiger partial charge >= 0.3 is 0 Å². The number of benzene rings is 1. The molecule has 2 rings (SSSR count). The third-order valence-corrected chi connectivity index (χ3v) is 3.85.